The van der Waals surface area contributed by atoms with Crippen LogP contribution in [-0.4, -0.2) is 46.6 Å². The van der Waals surface area contributed by atoms with Crippen molar-refractivity contribution in [2.75, 3.05) is 31.1 Å². The van der Waals surface area contributed by atoms with Crippen molar-refractivity contribution in [3.8, 4) is 0 Å². The SMILES string of the molecule is CC(=O)c1ccc(N2CCN(Cn3ncc4ccccc43)CC2)cc1. The van der Waals surface area contributed by atoms with Crippen LogP contribution in [-0.2, 0) is 6.67 Å². The summed E-state index contributed by atoms with van der Waals surface area (Å²) in [6.45, 7) is 6.40. The average molecular weight is 334 g/mol. The molecule has 0 saturated carbocycles. The van der Waals surface area contributed by atoms with E-state index in [0.717, 1.165) is 38.4 Å². The molecule has 5 heteroatoms. The van der Waals surface area contributed by atoms with Gasteiger partial charge in [-0.05, 0) is 37.3 Å². The lowest BCUT2D eigenvalue weighted by Crippen LogP contribution is -2.46. The Morgan fingerprint density at radius 2 is 1.72 bits per heavy atom. The maximum Gasteiger partial charge on any atom is 0.159 e. The molecule has 2 aromatic carbocycles. The van der Waals surface area contributed by atoms with E-state index in [1.807, 2.05) is 36.5 Å². The fraction of sp³-hybridized carbons (Fsp3) is 0.300. The zero-order valence-electron chi connectivity index (χ0n) is 14.4. The second-order valence-electron chi connectivity index (χ2n) is 6.55. The zero-order valence-corrected chi connectivity index (χ0v) is 14.4. The Hall–Kier alpha value is -2.66. The number of piperazine rings is 1. The first kappa shape index (κ1) is 15.8. The fourth-order valence-electron chi connectivity index (χ4n) is 3.38. The Labute approximate surface area is 147 Å². The molecule has 1 fully saturated rings. The van der Waals surface area contributed by atoms with Crippen LogP contribution in [0.4, 0.5) is 5.69 Å². The standard InChI is InChI=1S/C20H22N4O/c1-16(25)17-6-8-19(9-7-17)23-12-10-22(11-13-23)15-24-20-5-3-2-4-18(20)14-21-24/h2-9,14H,10-13,15H2,1H3. The molecule has 1 aliphatic heterocycles. The van der Waals surface area contributed by atoms with Gasteiger partial charge in [0.1, 0.15) is 0 Å². The molecule has 4 rings (SSSR count). The Kier molecular flexibility index (Phi) is 4.24. The summed E-state index contributed by atoms with van der Waals surface area (Å²) >= 11 is 0. The minimum Gasteiger partial charge on any atom is -0.369 e. The summed E-state index contributed by atoms with van der Waals surface area (Å²) in [5, 5.41) is 5.71. The van der Waals surface area contributed by atoms with Crippen molar-refractivity contribution in [1.82, 2.24) is 14.7 Å². The molecule has 1 aliphatic rings. The lowest BCUT2D eigenvalue weighted by molar-refractivity contribution is 0.101. The first-order valence-electron chi connectivity index (χ1n) is 8.69. The molecule has 25 heavy (non-hydrogen) atoms. The lowest BCUT2D eigenvalue weighted by Gasteiger charge is -2.36. The third-order valence-corrected chi connectivity index (χ3v) is 4.90. The summed E-state index contributed by atoms with van der Waals surface area (Å²) in [6, 6.07) is 16.3. The van der Waals surface area contributed by atoms with E-state index in [1.165, 1.54) is 16.6 Å². The molecule has 1 aromatic heterocycles. The van der Waals surface area contributed by atoms with Gasteiger partial charge in [0.15, 0.2) is 5.78 Å². The summed E-state index contributed by atoms with van der Waals surface area (Å²) in [5.74, 6) is 0.114. The Bertz CT molecular complexity index is 876. The fourth-order valence-corrected chi connectivity index (χ4v) is 3.38. The molecule has 1 saturated heterocycles. The van der Waals surface area contributed by atoms with Crippen LogP contribution < -0.4 is 4.90 Å². The van der Waals surface area contributed by atoms with Gasteiger partial charge in [0.2, 0.25) is 0 Å². The summed E-state index contributed by atoms with van der Waals surface area (Å²) in [4.78, 5) is 16.2. The zero-order chi connectivity index (χ0) is 17.2. The predicted molar refractivity (Wildman–Crippen MR) is 100.0 cm³/mol. The predicted octanol–water partition coefficient (Wildman–Crippen LogP) is 3.02. The van der Waals surface area contributed by atoms with Crippen LogP contribution in [0.15, 0.2) is 54.7 Å². The minimum absolute atomic E-state index is 0.114. The van der Waals surface area contributed by atoms with E-state index in [-0.39, 0.29) is 5.78 Å². The number of carbonyl (C=O) groups excluding carboxylic acids is 1. The number of benzene rings is 2. The topological polar surface area (TPSA) is 41.4 Å². The van der Waals surface area contributed by atoms with Gasteiger partial charge in [-0.3, -0.25) is 14.4 Å². The van der Waals surface area contributed by atoms with Crippen molar-refractivity contribution in [2.24, 2.45) is 0 Å². The number of Topliss-reactive ketones (excluding diaryl/α,β-unsaturated/α-hetero) is 1. The highest BCUT2D eigenvalue weighted by molar-refractivity contribution is 5.94. The van der Waals surface area contributed by atoms with E-state index in [1.54, 1.807) is 6.92 Å². The molecule has 0 N–H and O–H groups in total. The van der Waals surface area contributed by atoms with Crippen LogP contribution in [0.1, 0.15) is 17.3 Å². The van der Waals surface area contributed by atoms with Gasteiger partial charge in [-0.25, -0.2) is 0 Å². The van der Waals surface area contributed by atoms with Crippen LogP contribution in [0.3, 0.4) is 0 Å². The molecular weight excluding hydrogens is 312 g/mol. The van der Waals surface area contributed by atoms with Gasteiger partial charge in [0.05, 0.1) is 18.4 Å². The summed E-state index contributed by atoms with van der Waals surface area (Å²) in [7, 11) is 0. The maximum absolute atomic E-state index is 11.4. The number of aromatic nitrogens is 2. The highest BCUT2D eigenvalue weighted by Crippen LogP contribution is 2.19. The highest BCUT2D eigenvalue weighted by atomic mass is 16.1. The van der Waals surface area contributed by atoms with Crippen LogP contribution in [0.2, 0.25) is 0 Å². The van der Waals surface area contributed by atoms with Gasteiger partial charge < -0.3 is 4.90 Å². The van der Waals surface area contributed by atoms with E-state index < -0.39 is 0 Å². The number of hydrogen-bond acceptors (Lipinski definition) is 4. The van der Waals surface area contributed by atoms with Crippen molar-refractivity contribution in [3.05, 3.63) is 60.3 Å². The van der Waals surface area contributed by atoms with Gasteiger partial charge in [0, 0.05) is 42.8 Å². The van der Waals surface area contributed by atoms with Crippen molar-refractivity contribution in [1.29, 1.82) is 0 Å². The smallest absolute Gasteiger partial charge is 0.159 e. The van der Waals surface area contributed by atoms with E-state index in [0.29, 0.717) is 0 Å². The van der Waals surface area contributed by atoms with Gasteiger partial charge in [0.25, 0.3) is 0 Å². The molecule has 0 spiro atoms. The van der Waals surface area contributed by atoms with Crippen molar-refractivity contribution < 1.29 is 4.79 Å². The number of para-hydroxylation sites is 1. The highest BCUT2D eigenvalue weighted by Gasteiger charge is 2.18. The third-order valence-electron chi connectivity index (χ3n) is 4.90. The first-order valence-corrected chi connectivity index (χ1v) is 8.69. The minimum atomic E-state index is 0.114. The number of fused-ring (bicyclic) bond motifs is 1. The molecule has 0 unspecified atom stereocenters. The van der Waals surface area contributed by atoms with Crippen molar-refractivity contribution in [2.45, 2.75) is 13.6 Å². The first-order chi connectivity index (χ1) is 12.2. The molecule has 0 atom stereocenters. The number of nitrogens with zero attached hydrogens (tertiary/aromatic N) is 4. The molecular formula is C20H22N4O. The molecule has 2 heterocycles. The van der Waals surface area contributed by atoms with Gasteiger partial charge >= 0.3 is 0 Å². The van der Waals surface area contributed by atoms with Crippen LogP contribution in [0.25, 0.3) is 10.9 Å². The second-order valence-corrected chi connectivity index (χ2v) is 6.55. The average Bonchev–Trinajstić information content (AvgIpc) is 3.06. The largest absolute Gasteiger partial charge is 0.369 e. The Balaban J connectivity index is 1.39. The second kappa shape index (κ2) is 6.69. The van der Waals surface area contributed by atoms with Crippen molar-refractivity contribution >= 4 is 22.4 Å². The maximum atomic E-state index is 11.4. The Morgan fingerprint density at radius 1 is 1.00 bits per heavy atom. The van der Waals surface area contributed by atoms with Crippen LogP contribution in [0.5, 0.6) is 0 Å². The molecule has 0 radical (unpaired) electrons. The van der Waals surface area contributed by atoms with E-state index in [9.17, 15) is 4.79 Å². The summed E-state index contributed by atoms with van der Waals surface area (Å²) in [5.41, 5.74) is 3.15. The van der Waals surface area contributed by atoms with Crippen LogP contribution >= 0.6 is 0 Å². The third kappa shape index (κ3) is 3.28. The summed E-state index contributed by atoms with van der Waals surface area (Å²) in [6.07, 6.45) is 1.93. The van der Waals surface area contributed by atoms with Gasteiger partial charge in [-0.2, -0.15) is 5.10 Å². The lowest BCUT2D eigenvalue weighted by atomic mass is 10.1. The van der Waals surface area contributed by atoms with E-state index >= 15 is 0 Å². The molecule has 3 aromatic rings. The number of ketones is 1. The molecule has 0 bridgehead atoms. The number of rotatable bonds is 4. The molecule has 0 amide bonds. The molecule has 128 valence electrons. The molecule has 5 nitrogen and oxygen atoms in total. The quantitative estimate of drug-likeness (QED) is 0.688. The van der Waals surface area contributed by atoms with E-state index in [4.69, 9.17) is 0 Å². The number of hydrogen-bond donors (Lipinski definition) is 0. The van der Waals surface area contributed by atoms with Crippen molar-refractivity contribution in [3.63, 3.8) is 0 Å². The number of anilines is 1. The monoisotopic (exact) mass is 334 g/mol. The van der Waals surface area contributed by atoms with E-state index in [2.05, 4.69) is 37.8 Å². The van der Waals surface area contributed by atoms with Crippen LogP contribution in [0, 0.1) is 0 Å². The summed E-state index contributed by atoms with van der Waals surface area (Å²) < 4.78 is 2.08. The normalized spacial score (nSPS) is 15.6. The molecule has 0 aliphatic carbocycles. The Morgan fingerprint density at radius 3 is 2.44 bits per heavy atom. The number of carbonyl (C=O) groups is 1. The van der Waals surface area contributed by atoms with Gasteiger partial charge in [-0.1, -0.05) is 18.2 Å². The van der Waals surface area contributed by atoms with Gasteiger partial charge in [-0.15, -0.1) is 0 Å².